The van der Waals surface area contributed by atoms with Gasteiger partial charge >= 0.3 is 0 Å². The third-order valence-electron chi connectivity index (χ3n) is 3.79. The first-order valence-electron chi connectivity index (χ1n) is 8.36. The molecule has 3 rings (SSSR count). The van der Waals surface area contributed by atoms with Crippen LogP contribution in [0.5, 0.6) is 0 Å². The largest absolute Gasteiger partial charge is 0.348 e. The number of anilines is 2. The number of nitrogens with zero attached hydrogens (tertiary/aromatic N) is 1. The summed E-state index contributed by atoms with van der Waals surface area (Å²) in [4.78, 5) is 21.2. The van der Waals surface area contributed by atoms with Crippen molar-refractivity contribution in [3.05, 3.63) is 51.2 Å². The Morgan fingerprint density at radius 1 is 1.36 bits per heavy atom. The monoisotopic (exact) mass is 505 g/mol. The quantitative estimate of drug-likeness (QED) is 0.356. The van der Waals surface area contributed by atoms with Gasteiger partial charge < -0.3 is 14.8 Å². The first kappa shape index (κ1) is 20.8. The lowest BCUT2D eigenvalue weighted by atomic mass is 10.2. The van der Waals surface area contributed by atoms with Crippen molar-refractivity contribution in [1.29, 1.82) is 0 Å². The molecule has 1 fully saturated rings. The van der Waals surface area contributed by atoms with Gasteiger partial charge in [-0.2, -0.15) is 4.39 Å². The number of hydroxylamine groups is 1. The van der Waals surface area contributed by atoms with E-state index in [4.69, 9.17) is 14.3 Å². The molecule has 0 spiro atoms. The van der Waals surface area contributed by atoms with E-state index in [-0.39, 0.29) is 29.8 Å². The second-order valence-electron chi connectivity index (χ2n) is 6.47. The van der Waals surface area contributed by atoms with Crippen molar-refractivity contribution in [1.82, 2.24) is 10.5 Å². The maximum atomic E-state index is 14.1. The van der Waals surface area contributed by atoms with Crippen LogP contribution in [0.4, 0.5) is 20.3 Å². The Kier molecular flexibility index (Phi) is 6.43. The Hall–Kier alpha value is -1.89. The molecular weight excluding hydrogens is 487 g/mol. The van der Waals surface area contributed by atoms with Gasteiger partial charge in [-0.05, 0) is 66.8 Å². The van der Waals surface area contributed by atoms with Crippen LogP contribution in [-0.4, -0.2) is 36.0 Å². The number of hydrogen-bond acceptors (Lipinski definition) is 6. The van der Waals surface area contributed by atoms with E-state index in [9.17, 15) is 13.6 Å². The topological polar surface area (TPSA) is 81.7 Å². The van der Waals surface area contributed by atoms with E-state index in [2.05, 4.69) is 15.8 Å². The minimum absolute atomic E-state index is 0.0109. The number of hydrogen-bond donors (Lipinski definition) is 2. The summed E-state index contributed by atoms with van der Waals surface area (Å²) in [6, 6.07) is 6.70. The van der Waals surface area contributed by atoms with Crippen LogP contribution in [0.2, 0.25) is 0 Å². The average Bonchev–Trinajstić information content (AvgIpc) is 2.96. The molecular formula is C18H18F2IN3O4. The second kappa shape index (κ2) is 8.64. The number of carbonyl (C=O) groups excluding carboxylic acids is 1. The van der Waals surface area contributed by atoms with Crippen molar-refractivity contribution in [2.75, 3.05) is 18.5 Å². The first-order valence-corrected chi connectivity index (χ1v) is 9.44. The van der Waals surface area contributed by atoms with Gasteiger partial charge in [-0.15, -0.1) is 0 Å². The van der Waals surface area contributed by atoms with E-state index < -0.39 is 23.5 Å². The van der Waals surface area contributed by atoms with E-state index in [1.807, 2.05) is 22.6 Å². The maximum Gasteiger partial charge on any atom is 0.278 e. The summed E-state index contributed by atoms with van der Waals surface area (Å²) in [5, 5.41) is 2.64. The number of nitrogens with one attached hydrogen (secondary N) is 2. The molecule has 0 unspecified atom stereocenters. The highest BCUT2D eigenvalue weighted by Gasteiger charge is 2.33. The van der Waals surface area contributed by atoms with E-state index in [1.54, 1.807) is 19.9 Å². The van der Waals surface area contributed by atoms with Gasteiger partial charge in [-0.1, -0.05) is 0 Å². The molecule has 1 amide bonds. The van der Waals surface area contributed by atoms with Gasteiger partial charge in [-0.3, -0.25) is 9.63 Å². The van der Waals surface area contributed by atoms with Gasteiger partial charge in [0.1, 0.15) is 24.3 Å². The fourth-order valence-electron chi connectivity index (χ4n) is 2.53. The molecule has 150 valence electrons. The summed E-state index contributed by atoms with van der Waals surface area (Å²) >= 11 is 1.97. The minimum Gasteiger partial charge on any atom is -0.348 e. The van der Waals surface area contributed by atoms with Gasteiger partial charge in [0, 0.05) is 3.57 Å². The van der Waals surface area contributed by atoms with Crippen molar-refractivity contribution < 1.29 is 27.9 Å². The molecule has 28 heavy (non-hydrogen) atoms. The van der Waals surface area contributed by atoms with Crippen molar-refractivity contribution in [3.63, 3.8) is 0 Å². The average molecular weight is 505 g/mol. The molecule has 1 atom stereocenters. The standard InChI is InChI=1S/C18H18F2IN3O4/c1-18(2)26-8-11(28-18)9-27-24-17(25)12-4-6-15(20)23-16(12)22-14-5-3-10(21)7-13(14)19/h3-7,11H,8-9H2,1-2H3,(H,22,23)(H,24,25)/t11-/m1/s1. The third-order valence-corrected chi connectivity index (χ3v) is 4.46. The van der Waals surface area contributed by atoms with E-state index >= 15 is 0 Å². The van der Waals surface area contributed by atoms with Crippen molar-refractivity contribution in [3.8, 4) is 0 Å². The number of ether oxygens (including phenoxy) is 2. The van der Waals surface area contributed by atoms with Crippen LogP contribution < -0.4 is 10.8 Å². The third kappa shape index (κ3) is 5.34. The van der Waals surface area contributed by atoms with Crippen LogP contribution in [0.1, 0.15) is 24.2 Å². The molecule has 2 heterocycles. The summed E-state index contributed by atoms with van der Waals surface area (Å²) in [7, 11) is 0. The van der Waals surface area contributed by atoms with Crippen LogP contribution >= 0.6 is 22.6 Å². The molecule has 0 bridgehead atoms. The predicted octanol–water partition coefficient (Wildman–Crippen LogP) is 3.52. The fraction of sp³-hybridized carbons (Fsp3) is 0.333. The predicted molar refractivity (Wildman–Crippen MR) is 105 cm³/mol. The first-order chi connectivity index (χ1) is 13.2. The Balaban J connectivity index is 1.66. The number of halogens is 3. The van der Waals surface area contributed by atoms with Crippen molar-refractivity contribution >= 4 is 40.0 Å². The molecule has 1 aromatic heterocycles. The lowest BCUT2D eigenvalue weighted by Gasteiger charge is -2.17. The minimum atomic E-state index is -0.815. The van der Waals surface area contributed by atoms with E-state index in [0.29, 0.717) is 10.2 Å². The van der Waals surface area contributed by atoms with Crippen LogP contribution in [0, 0.1) is 15.3 Å². The SMILES string of the molecule is CC1(C)OC[C@H](CONC(=O)c2ccc(F)nc2Nc2ccc(I)cc2F)O1. The zero-order chi connectivity index (χ0) is 20.3. The molecule has 1 saturated heterocycles. The van der Waals surface area contributed by atoms with Crippen LogP contribution in [0.25, 0.3) is 0 Å². The molecule has 10 heteroatoms. The number of aromatic nitrogens is 1. The maximum absolute atomic E-state index is 14.1. The smallest absolute Gasteiger partial charge is 0.278 e. The summed E-state index contributed by atoms with van der Waals surface area (Å²) in [6.07, 6.45) is -0.333. The second-order valence-corrected chi connectivity index (χ2v) is 7.72. The van der Waals surface area contributed by atoms with Crippen LogP contribution in [0.15, 0.2) is 30.3 Å². The van der Waals surface area contributed by atoms with Gasteiger partial charge in [0.2, 0.25) is 5.95 Å². The summed E-state index contributed by atoms with van der Waals surface area (Å²) in [5.74, 6) is -2.87. The van der Waals surface area contributed by atoms with E-state index in [0.717, 1.165) is 6.07 Å². The Labute approximate surface area is 173 Å². The lowest BCUT2D eigenvalue weighted by molar-refractivity contribution is -0.147. The lowest BCUT2D eigenvalue weighted by Crippen LogP contribution is -2.31. The molecule has 2 N–H and O–H groups in total. The van der Waals surface area contributed by atoms with Crippen molar-refractivity contribution in [2.45, 2.75) is 25.7 Å². The van der Waals surface area contributed by atoms with Gasteiger partial charge in [-0.25, -0.2) is 14.9 Å². The molecule has 1 aliphatic heterocycles. The zero-order valence-electron chi connectivity index (χ0n) is 15.1. The highest BCUT2D eigenvalue weighted by atomic mass is 127. The van der Waals surface area contributed by atoms with Gasteiger partial charge in [0.05, 0.1) is 17.9 Å². The van der Waals surface area contributed by atoms with Gasteiger partial charge in [0.25, 0.3) is 5.91 Å². The van der Waals surface area contributed by atoms with Crippen molar-refractivity contribution in [2.24, 2.45) is 0 Å². The molecule has 0 radical (unpaired) electrons. The Bertz CT molecular complexity index is 882. The summed E-state index contributed by atoms with van der Waals surface area (Å²) < 4.78 is 39.3. The van der Waals surface area contributed by atoms with Crippen LogP contribution in [-0.2, 0) is 14.3 Å². The van der Waals surface area contributed by atoms with Crippen LogP contribution in [0.3, 0.4) is 0 Å². The number of carbonyl (C=O) groups is 1. The number of rotatable bonds is 6. The normalized spacial score (nSPS) is 18.1. The Morgan fingerprint density at radius 2 is 2.14 bits per heavy atom. The summed E-state index contributed by atoms with van der Waals surface area (Å²) in [6.45, 7) is 3.95. The number of amides is 1. The molecule has 0 saturated carbocycles. The Morgan fingerprint density at radius 3 is 2.82 bits per heavy atom. The highest BCUT2D eigenvalue weighted by Crippen LogP contribution is 2.24. The summed E-state index contributed by atoms with van der Waals surface area (Å²) in [5.41, 5.74) is 2.30. The number of pyridine rings is 1. The van der Waals surface area contributed by atoms with E-state index in [1.165, 1.54) is 18.2 Å². The molecule has 7 nitrogen and oxygen atoms in total. The van der Waals surface area contributed by atoms with Gasteiger partial charge in [0.15, 0.2) is 5.79 Å². The zero-order valence-corrected chi connectivity index (χ0v) is 17.2. The fourth-order valence-corrected chi connectivity index (χ4v) is 2.99. The highest BCUT2D eigenvalue weighted by molar-refractivity contribution is 14.1. The molecule has 1 aromatic carbocycles. The molecule has 2 aromatic rings. The molecule has 1 aliphatic rings. The molecule has 0 aliphatic carbocycles. The number of benzene rings is 1.